The molecule has 1 unspecified atom stereocenters. The zero-order valence-electron chi connectivity index (χ0n) is 13.0. The molecule has 0 saturated heterocycles. The van der Waals surface area contributed by atoms with Crippen LogP contribution >= 0.6 is 0 Å². The van der Waals surface area contributed by atoms with E-state index in [0.717, 1.165) is 44.0 Å². The number of ether oxygens (including phenoxy) is 3. The molecule has 2 aliphatic rings. The summed E-state index contributed by atoms with van der Waals surface area (Å²) in [6.07, 6.45) is 5.60. The van der Waals surface area contributed by atoms with Gasteiger partial charge in [0, 0.05) is 13.5 Å². The smallest absolute Gasteiger partial charge is 0.161 e. The average Bonchev–Trinajstić information content (AvgIpc) is 2.87. The Kier molecular flexibility index (Phi) is 4.36. The molecule has 1 aromatic rings. The molecule has 1 heterocycles. The van der Waals surface area contributed by atoms with Crippen LogP contribution < -0.4 is 14.8 Å². The Bertz CT molecular complexity index is 483. The molecule has 1 aliphatic heterocycles. The number of hydrogen-bond acceptors (Lipinski definition) is 4. The molecule has 1 atom stereocenters. The Morgan fingerprint density at radius 2 is 1.81 bits per heavy atom. The summed E-state index contributed by atoms with van der Waals surface area (Å²) in [7, 11) is 3.84. The van der Waals surface area contributed by atoms with E-state index < -0.39 is 0 Å². The fourth-order valence-corrected chi connectivity index (χ4v) is 3.68. The molecule has 1 aliphatic carbocycles. The lowest BCUT2D eigenvalue weighted by atomic mass is 9.86. The highest BCUT2D eigenvalue weighted by molar-refractivity contribution is 5.45. The minimum absolute atomic E-state index is 0.103. The number of methoxy groups -OCH3 is 1. The van der Waals surface area contributed by atoms with Crippen LogP contribution in [0, 0.1) is 0 Å². The Hall–Kier alpha value is -1.26. The number of benzene rings is 1. The zero-order valence-corrected chi connectivity index (χ0v) is 13.0. The molecule has 4 heteroatoms. The molecule has 21 heavy (non-hydrogen) atoms. The Morgan fingerprint density at radius 3 is 2.48 bits per heavy atom. The van der Waals surface area contributed by atoms with Gasteiger partial charge in [-0.05, 0) is 37.6 Å². The van der Waals surface area contributed by atoms with Crippen LogP contribution in [0.1, 0.15) is 43.7 Å². The second-order valence-electron chi connectivity index (χ2n) is 5.95. The molecule has 0 radical (unpaired) electrons. The van der Waals surface area contributed by atoms with Crippen molar-refractivity contribution in [1.82, 2.24) is 5.32 Å². The van der Waals surface area contributed by atoms with E-state index >= 15 is 0 Å². The van der Waals surface area contributed by atoms with Gasteiger partial charge in [-0.25, -0.2) is 0 Å². The minimum atomic E-state index is -0.103. The highest BCUT2D eigenvalue weighted by Crippen LogP contribution is 2.44. The summed E-state index contributed by atoms with van der Waals surface area (Å²) in [5.74, 6) is 1.71. The lowest BCUT2D eigenvalue weighted by Crippen LogP contribution is -2.42. The van der Waals surface area contributed by atoms with Crippen LogP contribution in [0.4, 0.5) is 0 Å². The number of fused-ring (bicyclic) bond motifs is 1. The fourth-order valence-electron chi connectivity index (χ4n) is 3.68. The molecular weight excluding hydrogens is 266 g/mol. The average molecular weight is 291 g/mol. The van der Waals surface area contributed by atoms with E-state index in [1.54, 1.807) is 0 Å². The normalized spacial score (nSPS) is 21.8. The largest absolute Gasteiger partial charge is 0.490 e. The van der Waals surface area contributed by atoms with Gasteiger partial charge in [0.05, 0.1) is 24.9 Å². The molecule has 3 rings (SSSR count). The van der Waals surface area contributed by atoms with E-state index in [1.807, 2.05) is 20.2 Å². The topological polar surface area (TPSA) is 39.7 Å². The second-order valence-corrected chi connectivity index (χ2v) is 5.95. The van der Waals surface area contributed by atoms with E-state index in [1.165, 1.54) is 18.4 Å². The SMILES string of the molecule is CNC(c1ccc2c(c1)OCCCO2)C1(OC)CCCC1. The van der Waals surface area contributed by atoms with Crippen molar-refractivity contribution in [3.05, 3.63) is 23.8 Å². The van der Waals surface area contributed by atoms with Gasteiger partial charge in [0.2, 0.25) is 0 Å². The standard InChI is InChI=1S/C17H25NO3/c1-18-16(17(19-2)8-3-4-9-17)13-6-7-14-15(12-13)21-11-5-10-20-14/h6-7,12,16,18H,3-5,8-11H2,1-2H3. The number of likely N-dealkylation sites (N-methyl/N-ethyl adjacent to an activating group) is 1. The molecule has 1 N–H and O–H groups in total. The van der Waals surface area contributed by atoms with Crippen molar-refractivity contribution < 1.29 is 14.2 Å². The van der Waals surface area contributed by atoms with Gasteiger partial charge in [-0.2, -0.15) is 0 Å². The van der Waals surface area contributed by atoms with Crippen molar-refractivity contribution in [3.63, 3.8) is 0 Å². The summed E-state index contributed by atoms with van der Waals surface area (Å²) < 4.78 is 17.5. The van der Waals surface area contributed by atoms with Gasteiger partial charge >= 0.3 is 0 Å². The molecule has 1 fully saturated rings. The lowest BCUT2D eigenvalue weighted by Gasteiger charge is -2.36. The maximum Gasteiger partial charge on any atom is 0.161 e. The molecule has 0 bridgehead atoms. The van der Waals surface area contributed by atoms with Crippen LogP contribution in [-0.2, 0) is 4.74 Å². The van der Waals surface area contributed by atoms with Crippen molar-refractivity contribution in [2.45, 2.75) is 43.7 Å². The molecule has 0 amide bonds. The molecule has 0 spiro atoms. The first-order chi connectivity index (χ1) is 10.3. The van der Waals surface area contributed by atoms with E-state index in [2.05, 4.69) is 17.4 Å². The third-order valence-electron chi connectivity index (χ3n) is 4.78. The highest BCUT2D eigenvalue weighted by atomic mass is 16.5. The monoisotopic (exact) mass is 291 g/mol. The van der Waals surface area contributed by atoms with E-state index in [0.29, 0.717) is 0 Å². The van der Waals surface area contributed by atoms with Gasteiger partial charge in [0.25, 0.3) is 0 Å². The first-order valence-electron chi connectivity index (χ1n) is 7.91. The predicted molar refractivity (Wildman–Crippen MR) is 82.1 cm³/mol. The van der Waals surface area contributed by atoms with Gasteiger partial charge in [-0.3, -0.25) is 0 Å². The van der Waals surface area contributed by atoms with Gasteiger partial charge in [0.15, 0.2) is 11.5 Å². The van der Waals surface area contributed by atoms with Gasteiger partial charge < -0.3 is 19.5 Å². The van der Waals surface area contributed by atoms with Gasteiger partial charge in [-0.1, -0.05) is 18.9 Å². The van der Waals surface area contributed by atoms with Crippen molar-refractivity contribution in [2.75, 3.05) is 27.4 Å². The third kappa shape index (κ3) is 2.74. The van der Waals surface area contributed by atoms with Gasteiger partial charge in [0.1, 0.15) is 0 Å². The Labute approximate surface area is 126 Å². The summed E-state index contributed by atoms with van der Waals surface area (Å²) in [5, 5.41) is 3.45. The molecule has 1 aromatic carbocycles. The molecular formula is C17H25NO3. The van der Waals surface area contributed by atoms with E-state index in [4.69, 9.17) is 14.2 Å². The number of nitrogens with one attached hydrogen (secondary N) is 1. The first-order valence-corrected chi connectivity index (χ1v) is 7.91. The lowest BCUT2D eigenvalue weighted by molar-refractivity contribution is -0.0349. The predicted octanol–water partition coefficient (Wildman–Crippen LogP) is 3.07. The minimum Gasteiger partial charge on any atom is -0.490 e. The van der Waals surface area contributed by atoms with E-state index in [-0.39, 0.29) is 11.6 Å². The Balaban J connectivity index is 1.92. The molecule has 0 aromatic heterocycles. The van der Waals surface area contributed by atoms with Crippen LogP contribution in [-0.4, -0.2) is 33.0 Å². The van der Waals surface area contributed by atoms with Crippen molar-refractivity contribution in [3.8, 4) is 11.5 Å². The third-order valence-corrected chi connectivity index (χ3v) is 4.78. The van der Waals surface area contributed by atoms with Crippen molar-refractivity contribution >= 4 is 0 Å². The second kappa shape index (κ2) is 6.24. The summed E-state index contributed by atoms with van der Waals surface area (Å²) in [6.45, 7) is 1.44. The van der Waals surface area contributed by atoms with Crippen LogP contribution in [0.15, 0.2) is 18.2 Å². The molecule has 4 nitrogen and oxygen atoms in total. The van der Waals surface area contributed by atoms with Crippen LogP contribution in [0.25, 0.3) is 0 Å². The first kappa shape index (κ1) is 14.7. The van der Waals surface area contributed by atoms with Crippen LogP contribution in [0.5, 0.6) is 11.5 Å². The fraction of sp³-hybridized carbons (Fsp3) is 0.647. The summed E-state index contributed by atoms with van der Waals surface area (Å²) in [4.78, 5) is 0. The summed E-state index contributed by atoms with van der Waals surface area (Å²) in [5.41, 5.74) is 1.11. The zero-order chi connectivity index (χ0) is 14.7. The molecule has 1 saturated carbocycles. The van der Waals surface area contributed by atoms with E-state index in [9.17, 15) is 0 Å². The maximum absolute atomic E-state index is 5.94. The highest BCUT2D eigenvalue weighted by Gasteiger charge is 2.42. The Morgan fingerprint density at radius 1 is 1.10 bits per heavy atom. The number of rotatable bonds is 4. The van der Waals surface area contributed by atoms with Crippen LogP contribution in [0.2, 0.25) is 0 Å². The van der Waals surface area contributed by atoms with Gasteiger partial charge in [-0.15, -0.1) is 0 Å². The van der Waals surface area contributed by atoms with Crippen LogP contribution in [0.3, 0.4) is 0 Å². The van der Waals surface area contributed by atoms with Crippen molar-refractivity contribution in [2.24, 2.45) is 0 Å². The number of hydrogen-bond donors (Lipinski definition) is 1. The summed E-state index contributed by atoms with van der Waals surface area (Å²) >= 11 is 0. The quantitative estimate of drug-likeness (QED) is 0.925. The van der Waals surface area contributed by atoms with Crippen molar-refractivity contribution in [1.29, 1.82) is 0 Å². The summed E-state index contributed by atoms with van der Waals surface area (Å²) in [6, 6.07) is 6.45. The molecule has 116 valence electrons. The maximum atomic E-state index is 5.94.